The Balaban J connectivity index is 2.08. The minimum absolute atomic E-state index is 0.00491. The van der Waals surface area contributed by atoms with Crippen LogP contribution in [0, 0.1) is 12.3 Å². The summed E-state index contributed by atoms with van der Waals surface area (Å²) in [7, 11) is 3.84. The van der Waals surface area contributed by atoms with Crippen LogP contribution in [0.25, 0.3) is 0 Å². The van der Waals surface area contributed by atoms with E-state index >= 15 is 0 Å². The molecule has 0 spiro atoms. The number of terminal acetylenes is 1. The predicted octanol–water partition coefficient (Wildman–Crippen LogP) is -0.552. The average molecular weight is 220 g/mol. The maximum Gasteiger partial charge on any atom is 0.137 e. The molecule has 0 radical (unpaired) electrons. The highest BCUT2D eigenvalue weighted by atomic mass is 16.1. The van der Waals surface area contributed by atoms with Crippen LogP contribution in [-0.4, -0.2) is 42.1 Å². The quantitative estimate of drug-likeness (QED) is 0.581. The number of hydrogen-bond donors (Lipinski definition) is 2. The van der Waals surface area contributed by atoms with Gasteiger partial charge in [-0.25, -0.2) is 0 Å². The summed E-state index contributed by atoms with van der Waals surface area (Å²) in [6.45, 7) is 0. The fraction of sp³-hybridized carbons (Fsp3) is 0.545. The zero-order valence-corrected chi connectivity index (χ0v) is 9.53. The van der Waals surface area contributed by atoms with Crippen molar-refractivity contribution in [3.8, 4) is 12.3 Å². The third kappa shape index (κ3) is 2.03. The van der Waals surface area contributed by atoms with E-state index in [0.717, 1.165) is 5.70 Å². The summed E-state index contributed by atoms with van der Waals surface area (Å²) in [5.74, 6) is 2.81. The van der Waals surface area contributed by atoms with E-state index in [4.69, 9.17) is 6.42 Å². The lowest BCUT2D eigenvalue weighted by atomic mass is 9.96. The summed E-state index contributed by atoms with van der Waals surface area (Å²) in [6, 6.07) is -0.153. The Bertz CT molecular complexity index is 371. The van der Waals surface area contributed by atoms with Gasteiger partial charge in [0.15, 0.2) is 0 Å². The number of carbonyl (C=O) groups is 1. The molecular formula is C11H16N4O. The number of ketones is 1. The first kappa shape index (κ1) is 11.0. The van der Waals surface area contributed by atoms with Crippen LogP contribution >= 0.6 is 0 Å². The third-order valence-corrected chi connectivity index (χ3v) is 2.93. The molecule has 2 aliphatic heterocycles. The number of carbonyl (C=O) groups excluding carboxylic acids is 1. The molecule has 2 aliphatic rings. The van der Waals surface area contributed by atoms with Gasteiger partial charge in [0.25, 0.3) is 0 Å². The Morgan fingerprint density at radius 3 is 2.81 bits per heavy atom. The van der Waals surface area contributed by atoms with Gasteiger partial charge in [-0.1, -0.05) is 5.92 Å². The molecule has 0 aromatic rings. The van der Waals surface area contributed by atoms with Crippen LogP contribution < -0.4 is 10.7 Å². The molecule has 2 rings (SSSR count). The molecule has 0 saturated carbocycles. The highest BCUT2D eigenvalue weighted by Crippen LogP contribution is 2.17. The lowest BCUT2D eigenvalue weighted by Gasteiger charge is -2.28. The number of hydrogen-bond acceptors (Lipinski definition) is 5. The summed E-state index contributed by atoms with van der Waals surface area (Å²) in [6.07, 6.45) is 8.25. The average Bonchev–Trinajstić information content (AvgIpc) is 2.58. The number of hydrazine groups is 2. The monoisotopic (exact) mass is 220 g/mol. The molecule has 5 nitrogen and oxygen atoms in total. The standard InChI is InChI=1S/C11H16N4O/c1-4-8-5-9(16)6-10(12-8)11-7-14(2)15(3)13-11/h1,7-8,10,12-13H,5-6H2,2-3H3/t8-,10-/m0/s1. The van der Waals surface area contributed by atoms with Gasteiger partial charge in [-0.05, 0) is 0 Å². The van der Waals surface area contributed by atoms with Gasteiger partial charge in [0.05, 0.1) is 17.8 Å². The number of piperidine rings is 1. The SMILES string of the molecule is C#C[C@H]1CC(=O)C[C@@H](C2=CN(C)N(C)N2)N1. The second-order valence-electron chi connectivity index (χ2n) is 4.18. The van der Waals surface area contributed by atoms with E-state index in [-0.39, 0.29) is 17.9 Å². The first-order valence-electron chi connectivity index (χ1n) is 5.29. The van der Waals surface area contributed by atoms with Gasteiger partial charge in [-0.2, -0.15) is 0 Å². The normalized spacial score (nSPS) is 30.9. The zero-order valence-electron chi connectivity index (χ0n) is 9.53. The lowest BCUT2D eigenvalue weighted by molar-refractivity contribution is -0.120. The Kier molecular flexibility index (Phi) is 2.86. The van der Waals surface area contributed by atoms with Crippen molar-refractivity contribution in [1.82, 2.24) is 20.9 Å². The van der Waals surface area contributed by atoms with Crippen molar-refractivity contribution in [1.29, 1.82) is 0 Å². The third-order valence-electron chi connectivity index (χ3n) is 2.93. The van der Waals surface area contributed by atoms with Crippen molar-refractivity contribution < 1.29 is 4.79 Å². The summed E-state index contributed by atoms with van der Waals surface area (Å²) in [5.41, 5.74) is 4.16. The topological polar surface area (TPSA) is 47.6 Å². The van der Waals surface area contributed by atoms with E-state index < -0.39 is 0 Å². The van der Waals surface area contributed by atoms with Crippen molar-refractivity contribution in [3.63, 3.8) is 0 Å². The molecule has 0 bridgehead atoms. The van der Waals surface area contributed by atoms with Crippen molar-refractivity contribution in [2.45, 2.75) is 24.9 Å². The fourth-order valence-corrected chi connectivity index (χ4v) is 1.96. The summed E-state index contributed by atoms with van der Waals surface area (Å²) < 4.78 is 0. The van der Waals surface area contributed by atoms with Crippen molar-refractivity contribution >= 4 is 5.78 Å². The van der Waals surface area contributed by atoms with Crippen LogP contribution in [0.15, 0.2) is 11.9 Å². The van der Waals surface area contributed by atoms with Gasteiger partial charge in [0.1, 0.15) is 5.78 Å². The van der Waals surface area contributed by atoms with Gasteiger partial charge in [0, 0.05) is 33.1 Å². The Labute approximate surface area is 95.4 Å². The van der Waals surface area contributed by atoms with Gasteiger partial charge in [-0.3, -0.25) is 15.1 Å². The Hall–Kier alpha value is -1.51. The summed E-state index contributed by atoms with van der Waals surface area (Å²) in [4.78, 5) is 11.5. The fourth-order valence-electron chi connectivity index (χ4n) is 1.96. The first-order chi connectivity index (χ1) is 7.60. The predicted molar refractivity (Wildman–Crippen MR) is 60.5 cm³/mol. The maximum absolute atomic E-state index is 11.5. The Morgan fingerprint density at radius 2 is 2.25 bits per heavy atom. The van der Waals surface area contributed by atoms with Crippen LogP contribution in [0.5, 0.6) is 0 Å². The molecule has 16 heavy (non-hydrogen) atoms. The molecule has 2 atom stereocenters. The molecule has 2 N–H and O–H groups in total. The summed E-state index contributed by atoms with van der Waals surface area (Å²) >= 11 is 0. The van der Waals surface area contributed by atoms with E-state index in [9.17, 15) is 4.79 Å². The number of Topliss-reactive ketones (excluding diaryl/α,β-unsaturated/α-hetero) is 1. The van der Waals surface area contributed by atoms with Gasteiger partial charge in [-0.15, -0.1) is 11.5 Å². The molecule has 0 aliphatic carbocycles. The maximum atomic E-state index is 11.5. The van der Waals surface area contributed by atoms with Crippen LogP contribution in [0.4, 0.5) is 0 Å². The van der Waals surface area contributed by atoms with Crippen LogP contribution in [0.2, 0.25) is 0 Å². The molecule has 1 fully saturated rings. The van der Waals surface area contributed by atoms with Crippen molar-refractivity contribution in [2.24, 2.45) is 0 Å². The molecule has 86 valence electrons. The van der Waals surface area contributed by atoms with E-state index in [0.29, 0.717) is 12.8 Å². The van der Waals surface area contributed by atoms with E-state index in [1.165, 1.54) is 0 Å². The number of rotatable bonds is 1. The number of nitrogens with one attached hydrogen (secondary N) is 2. The second-order valence-corrected chi connectivity index (χ2v) is 4.18. The van der Waals surface area contributed by atoms with Crippen LogP contribution in [0.3, 0.4) is 0 Å². The largest absolute Gasteiger partial charge is 0.303 e. The first-order valence-corrected chi connectivity index (χ1v) is 5.29. The Morgan fingerprint density at radius 1 is 1.50 bits per heavy atom. The van der Waals surface area contributed by atoms with Gasteiger partial charge in [0.2, 0.25) is 0 Å². The molecule has 2 heterocycles. The van der Waals surface area contributed by atoms with E-state index in [1.54, 1.807) is 0 Å². The highest BCUT2D eigenvalue weighted by molar-refractivity contribution is 5.81. The highest BCUT2D eigenvalue weighted by Gasteiger charge is 2.30. The molecule has 0 aromatic carbocycles. The van der Waals surface area contributed by atoms with Crippen LogP contribution in [0.1, 0.15) is 12.8 Å². The van der Waals surface area contributed by atoms with Crippen molar-refractivity contribution in [3.05, 3.63) is 11.9 Å². The summed E-state index contributed by atoms with van der Waals surface area (Å²) in [5, 5.41) is 7.04. The molecule has 5 heteroatoms. The smallest absolute Gasteiger partial charge is 0.137 e. The molecule has 0 amide bonds. The number of nitrogens with zero attached hydrogens (tertiary/aromatic N) is 2. The molecule has 0 unspecified atom stereocenters. The lowest BCUT2D eigenvalue weighted by Crippen LogP contribution is -2.49. The van der Waals surface area contributed by atoms with Gasteiger partial charge < -0.3 is 5.43 Å². The molecule has 1 saturated heterocycles. The second kappa shape index (κ2) is 4.16. The minimum atomic E-state index is -0.148. The minimum Gasteiger partial charge on any atom is -0.303 e. The van der Waals surface area contributed by atoms with Crippen molar-refractivity contribution in [2.75, 3.05) is 14.1 Å². The van der Waals surface area contributed by atoms with E-state index in [2.05, 4.69) is 16.7 Å². The zero-order chi connectivity index (χ0) is 11.7. The van der Waals surface area contributed by atoms with Crippen LogP contribution in [-0.2, 0) is 4.79 Å². The molecular weight excluding hydrogens is 204 g/mol. The molecule has 0 aromatic heterocycles. The van der Waals surface area contributed by atoms with Gasteiger partial charge >= 0.3 is 0 Å². The van der Waals surface area contributed by atoms with E-state index in [1.807, 2.05) is 30.4 Å².